The molecule has 1 heterocycles. The highest BCUT2D eigenvalue weighted by Gasteiger charge is 2.15. The van der Waals surface area contributed by atoms with Crippen LogP contribution in [-0.2, 0) is 0 Å². The zero-order chi connectivity index (χ0) is 16.2. The first-order chi connectivity index (χ1) is 11.2. The minimum absolute atomic E-state index is 0.221. The number of hydrogen-bond acceptors (Lipinski definition) is 3. The van der Waals surface area contributed by atoms with Crippen LogP contribution in [0, 0.1) is 6.92 Å². The lowest BCUT2D eigenvalue weighted by atomic mass is 10.2. The fourth-order valence-corrected chi connectivity index (χ4v) is 2.26. The first-order valence-electron chi connectivity index (χ1n) is 7.24. The molecule has 0 unspecified atom stereocenters. The molecule has 0 aliphatic rings. The summed E-state index contributed by atoms with van der Waals surface area (Å²) < 4.78 is 6.83. The number of methoxy groups -OCH3 is 1. The van der Waals surface area contributed by atoms with Crippen molar-refractivity contribution in [3.8, 4) is 11.4 Å². The van der Waals surface area contributed by atoms with Crippen molar-refractivity contribution in [2.75, 3.05) is 12.4 Å². The molecule has 0 radical (unpaired) electrons. The highest BCUT2D eigenvalue weighted by atomic mass is 16.5. The van der Waals surface area contributed by atoms with Gasteiger partial charge in [0.2, 0.25) is 0 Å². The van der Waals surface area contributed by atoms with Crippen molar-refractivity contribution in [3.05, 3.63) is 72.1 Å². The molecule has 0 saturated heterocycles. The third-order valence-electron chi connectivity index (χ3n) is 3.48. The quantitative estimate of drug-likeness (QED) is 0.803. The zero-order valence-corrected chi connectivity index (χ0v) is 13.0. The Labute approximate surface area is 134 Å². The van der Waals surface area contributed by atoms with E-state index in [1.807, 2.05) is 67.7 Å². The van der Waals surface area contributed by atoms with Crippen LogP contribution in [0.1, 0.15) is 16.1 Å². The zero-order valence-electron chi connectivity index (χ0n) is 13.0. The van der Waals surface area contributed by atoms with Gasteiger partial charge in [-0.05, 0) is 43.3 Å². The molecule has 5 heteroatoms. The van der Waals surface area contributed by atoms with Crippen LogP contribution in [0.4, 0.5) is 5.69 Å². The van der Waals surface area contributed by atoms with Gasteiger partial charge < -0.3 is 10.1 Å². The van der Waals surface area contributed by atoms with Crippen LogP contribution >= 0.6 is 0 Å². The lowest BCUT2D eigenvalue weighted by Gasteiger charge is -2.04. The van der Waals surface area contributed by atoms with Crippen molar-refractivity contribution < 1.29 is 9.53 Å². The number of benzene rings is 2. The Morgan fingerprint density at radius 1 is 1.09 bits per heavy atom. The average Bonchev–Trinajstić information content (AvgIpc) is 2.98. The predicted molar refractivity (Wildman–Crippen MR) is 89.2 cm³/mol. The lowest BCUT2D eigenvalue weighted by molar-refractivity contribution is 0.102. The molecule has 23 heavy (non-hydrogen) atoms. The molecule has 2 aromatic carbocycles. The number of nitrogens with one attached hydrogen (secondary N) is 1. The van der Waals surface area contributed by atoms with E-state index >= 15 is 0 Å². The number of ether oxygens (including phenoxy) is 1. The Hall–Kier alpha value is -3.08. The summed E-state index contributed by atoms with van der Waals surface area (Å²) in [6.07, 6.45) is 1.84. The van der Waals surface area contributed by atoms with E-state index in [2.05, 4.69) is 10.4 Å². The third kappa shape index (κ3) is 3.23. The lowest BCUT2D eigenvalue weighted by Crippen LogP contribution is -2.14. The second-order valence-corrected chi connectivity index (χ2v) is 5.12. The van der Waals surface area contributed by atoms with Crippen molar-refractivity contribution in [2.24, 2.45) is 0 Å². The number of carbonyl (C=O) groups is 1. The maximum atomic E-state index is 12.4. The van der Waals surface area contributed by atoms with Gasteiger partial charge in [-0.25, -0.2) is 4.68 Å². The van der Waals surface area contributed by atoms with Gasteiger partial charge in [-0.3, -0.25) is 4.79 Å². The Bertz CT molecular complexity index is 808. The maximum Gasteiger partial charge on any atom is 0.276 e. The minimum atomic E-state index is -0.221. The first kappa shape index (κ1) is 14.8. The van der Waals surface area contributed by atoms with Gasteiger partial charge in [0.05, 0.1) is 12.8 Å². The fraction of sp³-hybridized carbons (Fsp3) is 0.111. The first-order valence-corrected chi connectivity index (χ1v) is 7.24. The highest BCUT2D eigenvalue weighted by Crippen LogP contribution is 2.17. The molecular weight excluding hydrogens is 290 g/mol. The van der Waals surface area contributed by atoms with Crippen LogP contribution in [-0.4, -0.2) is 22.8 Å². The molecule has 116 valence electrons. The van der Waals surface area contributed by atoms with Gasteiger partial charge in [-0.1, -0.05) is 18.2 Å². The molecule has 0 aliphatic heterocycles. The molecule has 0 aliphatic carbocycles. The maximum absolute atomic E-state index is 12.4. The number of hydrogen-bond donors (Lipinski definition) is 1. The summed E-state index contributed by atoms with van der Waals surface area (Å²) in [7, 11) is 1.62. The molecule has 0 atom stereocenters. The van der Waals surface area contributed by atoms with Gasteiger partial charge in [-0.2, -0.15) is 5.10 Å². The number of aromatic nitrogens is 2. The van der Waals surface area contributed by atoms with Gasteiger partial charge in [0.15, 0.2) is 5.69 Å². The largest absolute Gasteiger partial charge is 0.497 e. The minimum Gasteiger partial charge on any atom is -0.497 e. The van der Waals surface area contributed by atoms with Gasteiger partial charge in [-0.15, -0.1) is 0 Å². The molecular formula is C18H17N3O2. The second-order valence-electron chi connectivity index (χ2n) is 5.12. The van der Waals surface area contributed by atoms with Crippen molar-refractivity contribution in [1.82, 2.24) is 9.78 Å². The predicted octanol–water partition coefficient (Wildman–Crippen LogP) is 3.44. The Balaban J connectivity index is 1.84. The second kappa shape index (κ2) is 6.36. The van der Waals surface area contributed by atoms with Gasteiger partial charge in [0.25, 0.3) is 5.91 Å². The topological polar surface area (TPSA) is 56.1 Å². The number of amides is 1. The number of para-hydroxylation sites is 1. The van der Waals surface area contributed by atoms with Gasteiger partial charge in [0, 0.05) is 17.4 Å². The molecule has 3 aromatic rings. The van der Waals surface area contributed by atoms with Crippen LogP contribution in [0.25, 0.3) is 5.69 Å². The summed E-state index contributed by atoms with van der Waals surface area (Å²) in [5.74, 6) is 0.556. The van der Waals surface area contributed by atoms with Gasteiger partial charge >= 0.3 is 0 Å². The molecule has 5 nitrogen and oxygen atoms in total. The van der Waals surface area contributed by atoms with E-state index in [4.69, 9.17) is 4.74 Å². The van der Waals surface area contributed by atoms with E-state index in [0.717, 1.165) is 22.7 Å². The standard InChI is InChI=1S/C18H17N3O2/c1-13-12-21(15-8-10-16(23-2)11-9-15)20-17(13)18(22)19-14-6-4-3-5-7-14/h3-12H,1-2H3,(H,19,22). The summed E-state index contributed by atoms with van der Waals surface area (Å²) in [6, 6.07) is 16.8. The molecule has 3 rings (SSSR count). The summed E-state index contributed by atoms with van der Waals surface area (Å²) in [6.45, 7) is 1.87. The molecule has 0 fully saturated rings. The van der Waals surface area contributed by atoms with Crippen molar-refractivity contribution in [1.29, 1.82) is 0 Å². The molecule has 1 amide bonds. The smallest absolute Gasteiger partial charge is 0.276 e. The van der Waals surface area contributed by atoms with Crippen molar-refractivity contribution in [3.63, 3.8) is 0 Å². The monoisotopic (exact) mass is 307 g/mol. The van der Waals surface area contributed by atoms with Crippen LogP contribution in [0.5, 0.6) is 5.75 Å². The number of rotatable bonds is 4. The van der Waals surface area contributed by atoms with E-state index in [1.165, 1.54) is 0 Å². The van der Waals surface area contributed by atoms with E-state index in [1.54, 1.807) is 11.8 Å². The summed E-state index contributed by atoms with van der Waals surface area (Å²) in [5, 5.41) is 7.24. The van der Waals surface area contributed by atoms with E-state index in [9.17, 15) is 4.79 Å². The molecule has 0 spiro atoms. The van der Waals surface area contributed by atoms with Crippen LogP contribution < -0.4 is 10.1 Å². The average molecular weight is 307 g/mol. The molecule has 0 bridgehead atoms. The van der Waals surface area contributed by atoms with Crippen molar-refractivity contribution in [2.45, 2.75) is 6.92 Å². The Morgan fingerprint density at radius 2 is 1.78 bits per heavy atom. The number of aryl methyl sites for hydroxylation is 1. The highest BCUT2D eigenvalue weighted by molar-refractivity contribution is 6.03. The Kier molecular flexibility index (Phi) is 4.10. The number of anilines is 1. The molecule has 1 N–H and O–H groups in total. The third-order valence-corrected chi connectivity index (χ3v) is 3.48. The number of carbonyl (C=O) groups excluding carboxylic acids is 1. The van der Waals surface area contributed by atoms with E-state index < -0.39 is 0 Å². The van der Waals surface area contributed by atoms with Gasteiger partial charge in [0.1, 0.15) is 5.75 Å². The van der Waals surface area contributed by atoms with E-state index in [0.29, 0.717) is 5.69 Å². The summed E-state index contributed by atoms with van der Waals surface area (Å²) >= 11 is 0. The fourth-order valence-electron chi connectivity index (χ4n) is 2.26. The molecule has 1 aromatic heterocycles. The van der Waals surface area contributed by atoms with Crippen LogP contribution in [0.3, 0.4) is 0 Å². The van der Waals surface area contributed by atoms with Crippen LogP contribution in [0.15, 0.2) is 60.8 Å². The van der Waals surface area contributed by atoms with Crippen molar-refractivity contribution >= 4 is 11.6 Å². The normalized spacial score (nSPS) is 10.3. The number of nitrogens with zero attached hydrogens (tertiary/aromatic N) is 2. The SMILES string of the molecule is COc1ccc(-n2cc(C)c(C(=O)Nc3ccccc3)n2)cc1. The van der Waals surface area contributed by atoms with Crippen LogP contribution in [0.2, 0.25) is 0 Å². The summed E-state index contributed by atoms with van der Waals surface area (Å²) in [5.41, 5.74) is 2.84. The van der Waals surface area contributed by atoms with E-state index in [-0.39, 0.29) is 5.91 Å². The Morgan fingerprint density at radius 3 is 2.43 bits per heavy atom. The molecule has 0 saturated carbocycles. The summed E-state index contributed by atoms with van der Waals surface area (Å²) in [4.78, 5) is 12.4.